The summed E-state index contributed by atoms with van der Waals surface area (Å²) in [5.41, 5.74) is 14.3. The first-order valence-corrected chi connectivity index (χ1v) is 5.90. The number of benzene rings is 1. The van der Waals surface area contributed by atoms with Crippen LogP contribution in [0.2, 0.25) is 0 Å². The van der Waals surface area contributed by atoms with Crippen LogP contribution in [0.4, 0.5) is 11.4 Å². The Kier molecular flexibility index (Phi) is 3.93. The lowest BCUT2D eigenvalue weighted by atomic mass is 10.1. The molecule has 0 bridgehead atoms. The minimum Gasteiger partial charge on any atom is -0.399 e. The number of ketones is 1. The van der Waals surface area contributed by atoms with E-state index < -0.39 is 0 Å². The molecule has 0 radical (unpaired) electrons. The minimum absolute atomic E-state index is 0.0171. The Morgan fingerprint density at radius 1 is 1.16 bits per heavy atom. The van der Waals surface area contributed by atoms with E-state index in [-0.39, 0.29) is 12.2 Å². The van der Waals surface area contributed by atoms with E-state index in [2.05, 4.69) is 4.98 Å². The Balaban J connectivity index is 2.02. The number of allylic oxidation sites excluding steroid dienone is 1. The molecular weight excluding hydrogens is 238 g/mol. The first kappa shape index (κ1) is 12.8. The molecule has 1 heterocycles. The molecule has 4 N–H and O–H groups in total. The van der Waals surface area contributed by atoms with Crippen LogP contribution in [-0.4, -0.2) is 10.8 Å². The largest absolute Gasteiger partial charge is 0.399 e. The van der Waals surface area contributed by atoms with Crippen molar-refractivity contribution in [1.29, 1.82) is 0 Å². The van der Waals surface area contributed by atoms with Gasteiger partial charge in [-0.15, -0.1) is 0 Å². The average Bonchev–Trinajstić information content (AvgIpc) is 2.41. The molecule has 0 aliphatic rings. The third-order valence-corrected chi connectivity index (χ3v) is 2.70. The van der Waals surface area contributed by atoms with Gasteiger partial charge in [0.1, 0.15) is 0 Å². The van der Waals surface area contributed by atoms with Crippen molar-refractivity contribution in [3.63, 3.8) is 0 Å². The van der Waals surface area contributed by atoms with E-state index in [1.54, 1.807) is 36.7 Å². The zero-order valence-corrected chi connectivity index (χ0v) is 10.4. The van der Waals surface area contributed by atoms with E-state index in [0.29, 0.717) is 11.4 Å². The van der Waals surface area contributed by atoms with Gasteiger partial charge < -0.3 is 11.5 Å². The van der Waals surface area contributed by atoms with Gasteiger partial charge in [-0.05, 0) is 29.8 Å². The molecule has 0 amide bonds. The summed E-state index contributed by atoms with van der Waals surface area (Å²) in [5.74, 6) is -0.0171. The number of nitrogen functional groups attached to an aromatic ring is 2. The van der Waals surface area contributed by atoms with Crippen LogP contribution in [0.5, 0.6) is 0 Å². The second-order valence-corrected chi connectivity index (χ2v) is 4.22. The summed E-state index contributed by atoms with van der Waals surface area (Å²) in [6, 6.07) is 8.99. The van der Waals surface area contributed by atoms with Crippen LogP contribution in [0.3, 0.4) is 0 Å². The average molecular weight is 253 g/mol. The zero-order valence-electron chi connectivity index (χ0n) is 10.4. The topological polar surface area (TPSA) is 82.0 Å². The molecule has 1 aromatic carbocycles. The molecule has 4 nitrogen and oxygen atoms in total. The van der Waals surface area contributed by atoms with Crippen molar-refractivity contribution in [2.75, 3.05) is 11.5 Å². The summed E-state index contributed by atoms with van der Waals surface area (Å²) >= 11 is 0. The number of anilines is 2. The van der Waals surface area contributed by atoms with E-state index in [9.17, 15) is 4.79 Å². The van der Waals surface area contributed by atoms with Crippen LogP contribution < -0.4 is 11.5 Å². The maximum absolute atomic E-state index is 11.8. The number of aromatic nitrogens is 1. The molecule has 0 aliphatic heterocycles. The Bertz CT molecular complexity index is 603. The lowest BCUT2D eigenvalue weighted by Gasteiger charge is -2.01. The Labute approximate surface area is 111 Å². The molecule has 1 aromatic heterocycles. The molecule has 0 saturated carbocycles. The van der Waals surface area contributed by atoms with Crippen LogP contribution in [0.25, 0.3) is 6.08 Å². The molecule has 0 unspecified atom stereocenters. The van der Waals surface area contributed by atoms with Crippen LogP contribution in [0.1, 0.15) is 11.1 Å². The van der Waals surface area contributed by atoms with Crippen molar-refractivity contribution in [2.45, 2.75) is 6.42 Å². The van der Waals surface area contributed by atoms with Gasteiger partial charge in [0.05, 0.1) is 0 Å². The molecule has 0 saturated heterocycles. The third kappa shape index (κ3) is 3.67. The van der Waals surface area contributed by atoms with Crippen LogP contribution in [0, 0.1) is 0 Å². The van der Waals surface area contributed by atoms with Gasteiger partial charge in [-0.1, -0.05) is 18.2 Å². The smallest absolute Gasteiger partial charge is 0.160 e. The van der Waals surface area contributed by atoms with Gasteiger partial charge in [0.2, 0.25) is 0 Å². The van der Waals surface area contributed by atoms with Crippen molar-refractivity contribution in [2.24, 2.45) is 0 Å². The fourth-order valence-electron chi connectivity index (χ4n) is 1.63. The highest BCUT2D eigenvalue weighted by atomic mass is 16.1. The van der Waals surface area contributed by atoms with Crippen molar-refractivity contribution in [1.82, 2.24) is 4.98 Å². The number of nitrogens with zero attached hydrogens (tertiary/aromatic N) is 1. The number of hydrogen-bond acceptors (Lipinski definition) is 4. The van der Waals surface area contributed by atoms with E-state index in [0.717, 1.165) is 11.1 Å². The van der Waals surface area contributed by atoms with Gasteiger partial charge in [0.15, 0.2) is 5.78 Å². The first-order valence-electron chi connectivity index (χ1n) is 5.90. The number of nitrogens with two attached hydrogens (primary N) is 2. The summed E-state index contributed by atoms with van der Waals surface area (Å²) in [5, 5.41) is 0. The second kappa shape index (κ2) is 5.82. The highest BCUT2D eigenvalue weighted by molar-refractivity contribution is 5.95. The summed E-state index contributed by atoms with van der Waals surface area (Å²) in [4.78, 5) is 15.8. The molecule has 0 aliphatic carbocycles. The lowest BCUT2D eigenvalue weighted by Crippen LogP contribution is -2.02. The monoisotopic (exact) mass is 253 g/mol. The van der Waals surface area contributed by atoms with Crippen molar-refractivity contribution < 1.29 is 4.79 Å². The summed E-state index contributed by atoms with van der Waals surface area (Å²) in [7, 11) is 0. The molecule has 2 aromatic rings. The molecule has 2 rings (SSSR count). The summed E-state index contributed by atoms with van der Waals surface area (Å²) in [6.45, 7) is 0. The fourth-order valence-corrected chi connectivity index (χ4v) is 1.63. The van der Waals surface area contributed by atoms with E-state index in [4.69, 9.17) is 11.5 Å². The Hall–Kier alpha value is -2.62. The van der Waals surface area contributed by atoms with Gasteiger partial charge in [-0.25, -0.2) is 0 Å². The minimum atomic E-state index is -0.0171. The van der Waals surface area contributed by atoms with Crippen molar-refractivity contribution >= 4 is 23.2 Å². The fraction of sp³-hybridized carbons (Fsp3) is 0.0667. The van der Waals surface area contributed by atoms with E-state index in [1.807, 2.05) is 12.1 Å². The maximum Gasteiger partial charge on any atom is 0.160 e. The van der Waals surface area contributed by atoms with Gasteiger partial charge >= 0.3 is 0 Å². The second-order valence-electron chi connectivity index (χ2n) is 4.22. The van der Waals surface area contributed by atoms with E-state index >= 15 is 0 Å². The SMILES string of the molecule is Nc1ccc(/C=C/C(=O)Cc2cnccc2N)cc1. The molecule has 19 heavy (non-hydrogen) atoms. The van der Waals surface area contributed by atoms with Gasteiger partial charge in [-0.3, -0.25) is 9.78 Å². The van der Waals surface area contributed by atoms with Gasteiger partial charge in [0.25, 0.3) is 0 Å². The van der Waals surface area contributed by atoms with Crippen LogP contribution in [0.15, 0.2) is 48.8 Å². The van der Waals surface area contributed by atoms with Crippen LogP contribution in [-0.2, 0) is 11.2 Å². The highest BCUT2D eigenvalue weighted by Gasteiger charge is 2.03. The zero-order chi connectivity index (χ0) is 13.7. The molecule has 0 atom stereocenters. The quantitative estimate of drug-likeness (QED) is 0.645. The van der Waals surface area contributed by atoms with Crippen LogP contribution >= 0.6 is 0 Å². The molecule has 96 valence electrons. The molecule has 0 spiro atoms. The number of carbonyl (C=O) groups excluding carboxylic acids is 1. The Morgan fingerprint density at radius 3 is 2.58 bits per heavy atom. The standard InChI is InChI=1S/C15H15N3O/c16-13-4-1-11(2-5-13)3-6-14(19)9-12-10-18-8-7-15(12)17/h1-8,10H,9,16H2,(H2,17,18)/b6-3+. The first-order chi connectivity index (χ1) is 9.15. The number of pyridine rings is 1. The summed E-state index contributed by atoms with van der Waals surface area (Å²) < 4.78 is 0. The maximum atomic E-state index is 11.8. The Morgan fingerprint density at radius 2 is 1.89 bits per heavy atom. The van der Waals surface area contributed by atoms with E-state index in [1.165, 1.54) is 6.08 Å². The number of carbonyl (C=O) groups is 1. The van der Waals surface area contributed by atoms with Gasteiger partial charge in [0, 0.05) is 35.8 Å². The normalized spacial score (nSPS) is 10.7. The highest BCUT2D eigenvalue weighted by Crippen LogP contribution is 2.11. The van der Waals surface area contributed by atoms with Gasteiger partial charge in [-0.2, -0.15) is 0 Å². The summed E-state index contributed by atoms with van der Waals surface area (Å²) in [6.07, 6.45) is 6.77. The molecule has 0 fully saturated rings. The third-order valence-electron chi connectivity index (χ3n) is 2.70. The molecule has 4 heteroatoms. The predicted octanol–water partition coefficient (Wildman–Crippen LogP) is 2.07. The predicted molar refractivity (Wildman–Crippen MR) is 77.2 cm³/mol. The number of hydrogen-bond donors (Lipinski definition) is 2. The number of rotatable bonds is 4. The lowest BCUT2D eigenvalue weighted by molar-refractivity contribution is -0.113. The van der Waals surface area contributed by atoms with Crippen molar-refractivity contribution in [3.8, 4) is 0 Å². The molecular formula is C15H15N3O. The van der Waals surface area contributed by atoms with Crippen molar-refractivity contribution in [3.05, 3.63) is 59.9 Å².